The van der Waals surface area contributed by atoms with E-state index in [-0.39, 0.29) is 35.2 Å². The van der Waals surface area contributed by atoms with Crippen LogP contribution >= 0.6 is 23.4 Å². The highest BCUT2D eigenvalue weighted by molar-refractivity contribution is 7.99. The minimum Gasteiger partial charge on any atom is -0.495 e. The van der Waals surface area contributed by atoms with E-state index >= 15 is 0 Å². The number of anilines is 1. The molecule has 2 unspecified atom stereocenters. The van der Waals surface area contributed by atoms with Crippen molar-refractivity contribution in [1.82, 2.24) is 20.8 Å². The van der Waals surface area contributed by atoms with Gasteiger partial charge in [0.25, 0.3) is 5.22 Å². The van der Waals surface area contributed by atoms with Crippen LogP contribution in [0.1, 0.15) is 12.8 Å². The van der Waals surface area contributed by atoms with Crippen LogP contribution in [-0.4, -0.2) is 46.9 Å². The third kappa shape index (κ3) is 5.39. The summed E-state index contributed by atoms with van der Waals surface area (Å²) >= 11 is 7.00. The van der Waals surface area contributed by atoms with Gasteiger partial charge in [-0.3, -0.25) is 14.9 Å². The zero-order valence-corrected chi connectivity index (χ0v) is 17.1. The molecule has 1 aliphatic heterocycles. The number of amides is 4. The van der Waals surface area contributed by atoms with Crippen LogP contribution in [0.2, 0.25) is 5.02 Å². The molecule has 2 atom stereocenters. The number of rotatable bonds is 7. The van der Waals surface area contributed by atoms with Gasteiger partial charge in [0.05, 0.1) is 24.5 Å². The standard InChI is InChI=1S/C17H18ClN5O5S/c1-8-10(15(25)21-16(26)19-8)6-14-22-23-17(28-14)29-7-13(24)20-11-5-9(18)3-4-12(11)27-2/h3-5,8,10H,6-7H2,1-2H3,(H,20,24)(H2,19,21,25,26). The largest absolute Gasteiger partial charge is 0.495 e. The Morgan fingerprint density at radius 2 is 2.17 bits per heavy atom. The smallest absolute Gasteiger partial charge is 0.321 e. The van der Waals surface area contributed by atoms with Crippen molar-refractivity contribution in [2.75, 3.05) is 18.2 Å². The first-order chi connectivity index (χ1) is 13.9. The molecule has 1 aliphatic rings. The number of imide groups is 1. The van der Waals surface area contributed by atoms with Crippen LogP contribution in [0.15, 0.2) is 27.8 Å². The number of hydrogen-bond donors (Lipinski definition) is 3. The van der Waals surface area contributed by atoms with E-state index in [1.807, 2.05) is 0 Å². The van der Waals surface area contributed by atoms with Crippen LogP contribution in [0.3, 0.4) is 0 Å². The van der Waals surface area contributed by atoms with Gasteiger partial charge in [0.2, 0.25) is 17.7 Å². The number of ether oxygens (including phenoxy) is 1. The van der Waals surface area contributed by atoms with Crippen LogP contribution < -0.4 is 20.7 Å². The zero-order valence-electron chi connectivity index (χ0n) is 15.5. The summed E-state index contributed by atoms with van der Waals surface area (Å²) in [5.41, 5.74) is 0.455. The van der Waals surface area contributed by atoms with Crippen molar-refractivity contribution in [3.05, 3.63) is 29.1 Å². The summed E-state index contributed by atoms with van der Waals surface area (Å²) in [5.74, 6) is -0.480. The summed E-state index contributed by atoms with van der Waals surface area (Å²) in [4.78, 5) is 35.4. The maximum atomic E-state index is 12.2. The van der Waals surface area contributed by atoms with E-state index in [9.17, 15) is 14.4 Å². The molecule has 0 saturated carbocycles. The van der Waals surface area contributed by atoms with Crippen molar-refractivity contribution in [3.63, 3.8) is 0 Å². The summed E-state index contributed by atoms with van der Waals surface area (Å²) < 4.78 is 10.7. The van der Waals surface area contributed by atoms with E-state index in [1.165, 1.54) is 7.11 Å². The van der Waals surface area contributed by atoms with Gasteiger partial charge in [0.15, 0.2) is 0 Å². The normalized spacial score (nSPS) is 18.7. The number of halogens is 1. The Morgan fingerprint density at radius 1 is 1.38 bits per heavy atom. The molecule has 3 N–H and O–H groups in total. The molecule has 154 valence electrons. The van der Waals surface area contributed by atoms with E-state index in [4.69, 9.17) is 20.8 Å². The predicted octanol–water partition coefficient (Wildman–Crippen LogP) is 1.85. The summed E-state index contributed by atoms with van der Waals surface area (Å²) in [5, 5.41) is 16.0. The van der Waals surface area contributed by atoms with Gasteiger partial charge < -0.3 is 19.8 Å². The number of aromatic nitrogens is 2. The van der Waals surface area contributed by atoms with Crippen LogP contribution in [0.25, 0.3) is 0 Å². The lowest BCUT2D eigenvalue weighted by atomic mass is 9.95. The Morgan fingerprint density at radius 3 is 2.90 bits per heavy atom. The quantitative estimate of drug-likeness (QED) is 0.556. The van der Waals surface area contributed by atoms with Crippen LogP contribution in [0.5, 0.6) is 5.75 Å². The third-order valence-electron chi connectivity index (χ3n) is 4.14. The first-order valence-electron chi connectivity index (χ1n) is 8.55. The molecule has 0 spiro atoms. The molecule has 2 aromatic rings. The van der Waals surface area contributed by atoms with Crippen molar-refractivity contribution in [3.8, 4) is 5.75 Å². The lowest BCUT2D eigenvalue weighted by Crippen LogP contribution is -2.57. The van der Waals surface area contributed by atoms with Crippen molar-refractivity contribution < 1.29 is 23.5 Å². The Labute approximate surface area is 175 Å². The summed E-state index contributed by atoms with van der Waals surface area (Å²) in [6.07, 6.45) is 0.173. The molecule has 1 aromatic heterocycles. The first-order valence-corrected chi connectivity index (χ1v) is 9.92. The Kier molecular flexibility index (Phi) is 6.60. The van der Waals surface area contributed by atoms with Crippen LogP contribution in [0.4, 0.5) is 10.5 Å². The Balaban J connectivity index is 1.54. The fourth-order valence-electron chi connectivity index (χ4n) is 2.70. The lowest BCUT2D eigenvalue weighted by Gasteiger charge is -2.27. The van der Waals surface area contributed by atoms with Crippen molar-refractivity contribution in [2.24, 2.45) is 5.92 Å². The highest BCUT2D eigenvalue weighted by Crippen LogP contribution is 2.28. The van der Waals surface area contributed by atoms with Gasteiger partial charge in [0, 0.05) is 17.5 Å². The second-order valence-electron chi connectivity index (χ2n) is 6.21. The van der Waals surface area contributed by atoms with Gasteiger partial charge in [-0.15, -0.1) is 10.2 Å². The summed E-state index contributed by atoms with van der Waals surface area (Å²) in [6, 6.07) is 4.01. The predicted molar refractivity (Wildman–Crippen MR) is 105 cm³/mol. The molecule has 0 radical (unpaired) electrons. The fraction of sp³-hybridized carbons (Fsp3) is 0.353. The summed E-state index contributed by atoms with van der Waals surface area (Å²) in [6.45, 7) is 1.72. The molecule has 1 aromatic carbocycles. The van der Waals surface area contributed by atoms with Gasteiger partial charge in [0.1, 0.15) is 5.75 Å². The van der Waals surface area contributed by atoms with E-state index in [0.717, 1.165) is 11.8 Å². The number of urea groups is 1. The Hall–Kier alpha value is -2.79. The number of thioether (sulfide) groups is 1. The molecule has 3 rings (SSSR count). The molecular weight excluding hydrogens is 422 g/mol. The van der Waals surface area contributed by atoms with Crippen molar-refractivity contribution in [1.29, 1.82) is 0 Å². The zero-order chi connectivity index (χ0) is 21.0. The molecule has 10 nitrogen and oxygen atoms in total. The van der Waals surface area contributed by atoms with Gasteiger partial charge >= 0.3 is 6.03 Å². The minimum atomic E-state index is -0.525. The maximum Gasteiger partial charge on any atom is 0.321 e. The monoisotopic (exact) mass is 439 g/mol. The topological polar surface area (TPSA) is 135 Å². The highest BCUT2D eigenvalue weighted by Gasteiger charge is 2.34. The highest BCUT2D eigenvalue weighted by atomic mass is 35.5. The van der Waals surface area contributed by atoms with Crippen molar-refractivity contribution >= 4 is 46.9 Å². The maximum absolute atomic E-state index is 12.2. The fourth-order valence-corrected chi connectivity index (χ4v) is 3.46. The van der Waals surface area contributed by atoms with E-state index in [1.54, 1.807) is 25.1 Å². The molecule has 0 aliphatic carbocycles. The molecule has 2 heterocycles. The minimum absolute atomic E-state index is 0.0215. The van der Waals surface area contributed by atoms with Crippen LogP contribution in [0, 0.1) is 5.92 Å². The second kappa shape index (κ2) is 9.14. The number of benzene rings is 1. The van der Waals surface area contributed by atoms with Gasteiger partial charge in [-0.05, 0) is 25.1 Å². The third-order valence-corrected chi connectivity index (χ3v) is 5.19. The molecule has 0 bridgehead atoms. The number of methoxy groups -OCH3 is 1. The molecular formula is C17H18ClN5O5S. The SMILES string of the molecule is COc1ccc(Cl)cc1NC(=O)CSc1nnc(CC2C(=O)NC(=O)NC2C)o1. The van der Waals surface area contributed by atoms with E-state index in [2.05, 4.69) is 26.1 Å². The first kappa shape index (κ1) is 20.9. The molecule has 12 heteroatoms. The van der Waals surface area contributed by atoms with Crippen LogP contribution in [-0.2, 0) is 16.0 Å². The van der Waals surface area contributed by atoms with Gasteiger partial charge in [-0.25, -0.2) is 4.79 Å². The summed E-state index contributed by atoms with van der Waals surface area (Å²) in [7, 11) is 1.49. The average molecular weight is 440 g/mol. The molecule has 1 fully saturated rings. The Bertz CT molecular complexity index is 937. The number of nitrogens with zero attached hydrogens (tertiary/aromatic N) is 2. The van der Waals surface area contributed by atoms with E-state index < -0.39 is 17.9 Å². The number of hydrogen-bond acceptors (Lipinski definition) is 8. The molecule has 4 amide bonds. The number of nitrogens with one attached hydrogen (secondary N) is 3. The number of carbonyl (C=O) groups is 3. The van der Waals surface area contributed by atoms with Gasteiger partial charge in [-0.2, -0.15) is 0 Å². The second-order valence-corrected chi connectivity index (χ2v) is 7.57. The molecule has 29 heavy (non-hydrogen) atoms. The average Bonchev–Trinajstić information content (AvgIpc) is 3.11. The van der Waals surface area contributed by atoms with Gasteiger partial charge in [-0.1, -0.05) is 23.4 Å². The molecule has 1 saturated heterocycles. The lowest BCUT2D eigenvalue weighted by molar-refractivity contribution is -0.125. The van der Waals surface area contributed by atoms with Crippen molar-refractivity contribution in [2.45, 2.75) is 24.6 Å². The van der Waals surface area contributed by atoms with E-state index in [0.29, 0.717) is 16.5 Å². The number of carbonyl (C=O) groups excluding carboxylic acids is 3.